The highest BCUT2D eigenvalue weighted by molar-refractivity contribution is 6.35. The highest BCUT2D eigenvalue weighted by Gasteiger charge is 2.27. The minimum absolute atomic E-state index is 0.0163. The molecule has 0 saturated heterocycles. The third kappa shape index (κ3) is 11.7. The van der Waals surface area contributed by atoms with Crippen LogP contribution in [0.15, 0.2) is 105 Å². The third-order valence-corrected chi connectivity index (χ3v) is 10.9. The van der Waals surface area contributed by atoms with Crippen molar-refractivity contribution in [2.75, 3.05) is 21.3 Å². The number of anilines is 4. The van der Waals surface area contributed by atoms with Crippen LogP contribution < -0.4 is 21.3 Å². The van der Waals surface area contributed by atoms with Gasteiger partial charge in [0.1, 0.15) is 11.4 Å². The lowest BCUT2D eigenvalue weighted by Gasteiger charge is -2.16. The van der Waals surface area contributed by atoms with E-state index in [4.69, 9.17) is 58.0 Å². The molecule has 5 aromatic carbocycles. The molecule has 0 aromatic heterocycles. The second-order valence-electron chi connectivity index (χ2n) is 13.6. The standard InChI is InChI=1S/C43H35Cl5N8O6/c1-20-16-35(52-43(62)39(24(5)58)56-54-37-18-26(13-15-30(37)47)41(60)50-33-11-7-9-28(45)22(33)3)31(48)19-34(20)51-42(61)38(23(4)57)55-53-36-17-25(12-14-29(36)46)40(59)49-32-10-6-8-27(44)21(32)2/h6-19,38-39H,1-5H3,(H,49,59)(H,50,60)(H,51,61)(H,52,62)/t38-,39-/m0/s1. The molecule has 0 aliphatic rings. The number of hydrogen-bond acceptors (Lipinski definition) is 10. The van der Waals surface area contributed by atoms with Gasteiger partial charge in [0.2, 0.25) is 12.1 Å². The maximum Gasteiger partial charge on any atom is 0.258 e. The Balaban J connectivity index is 1.27. The first-order chi connectivity index (χ1) is 29.3. The van der Waals surface area contributed by atoms with Crippen LogP contribution in [0.1, 0.15) is 51.3 Å². The molecule has 0 aliphatic heterocycles. The lowest BCUT2D eigenvalue weighted by atomic mass is 10.1. The number of ketones is 2. The smallest absolute Gasteiger partial charge is 0.258 e. The van der Waals surface area contributed by atoms with E-state index in [1.807, 2.05) is 0 Å². The number of carbonyl (C=O) groups excluding carboxylic acids is 6. The van der Waals surface area contributed by atoms with Crippen molar-refractivity contribution >= 4 is 127 Å². The van der Waals surface area contributed by atoms with Crippen molar-refractivity contribution in [2.24, 2.45) is 20.5 Å². The molecule has 0 saturated carbocycles. The van der Waals surface area contributed by atoms with Crippen LogP contribution >= 0.6 is 58.0 Å². The van der Waals surface area contributed by atoms with Gasteiger partial charge in [0.15, 0.2) is 11.6 Å². The number of amides is 4. The number of nitrogens with one attached hydrogen (secondary N) is 4. The zero-order valence-corrected chi connectivity index (χ0v) is 37.1. The summed E-state index contributed by atoms with van der Waals surface area (Å²) >= 11 is 31.5. The second kappa shape index (κ2) is 20.7. The van der Waals surface area contributed by atoms with Gasteiger partial charge in [0.25, 0.3) is 23.6 Å². The molecule has 14 nitrogen and oxygen atoms in total. The van der Waals surface area contributed by atoms with E-state index < -0.39 is 47.3 Å². The predicted octanol–water partition coefficient (Wildman–Crippen LogP) is 11.7. The van der Waals surface area contributed by atoms with E-state index in [0.717, 1.165) is 13.8 Å². The summed E-state index contributed by atoms with van der Waals surface area (Å²) < 4.78 is 0. The van der Waals surface area contributed by atoms with E-state index in [1.54, 1.807) is 57.2 Å². The molecular weight excluding hydrogens is 902 g/mol. The topological polar surface area (TPSA) is 200 Å². The largest absolute Gasteiger partial charge is 0.323 e. The fourth-order valence-corrected chi connectivity index (χ4v) is 6.40. The third-order valence-electron chi connectivity index (χ3n) is 9.11. The molecule has 0 unspecified atom stereocenters. The first kappa shape index (κ1) is 47.0. The number of azo groups is 2. The lowest BCUT2D eigenvalue weighted by molar-refractivity contribution is -0.127. The number of halogens is 5. The zero-order valence-electron chi connectivity index (χ0n) is 33.4. The van der Waals surface area contributed by atoms with Gasteiger partial charge in [-0.3, -0.25) is 28.8 Å². The van der Waals surface area contributed by atoms with Crippen LogP contribution in [0.25, 0.3) is 0 Å². The monoisotopic (exact) mass is 934 g/mol. The van der Waals surface area contributed by atoms with Crippen LogP contribution in [0.5, 0.6) is 0 Å². The van der Waals surface area contributed by atoms with Crippen molar-refractivity contribution in [1.29, 1.82) is 0 Å². The van der Waals surface area contributed by atoms with Crippen molar-refractivity contribution in [3.8, 4) is 0 Å². The summed E-state index contributed by atoms with van der Waals surface area (Å²) in [6.45, 7) is 7.39. The first-order valence-corrected chi connectivity index (χ1v) is 20.2. The van der Waals surface area contributed by atoms with E-state index in [9.17, 15) is 28.8 Å². The van der Waals surface area contributed by atoms with Gasteiger partial charge in [-0.1, -0.05) is 70.1 Å². The van der Waals surface area contributed by atoms with Crippen molar-refractivity contribution < 1.29 is 28.8 Å². The van der Waals surface area contributed by atoms with E-state index >= 15 is 0 Å². The second-order valence-corrected chi connectivity index (χ2v) is 15.7. The first-order valence-electron chi connectivity index (χ1n) is 18.3. The minimum Gasteiger partial charge on any atom is -0.323 e. The Morgan fingerprint density at radius 1 is 0.468 bits per heavy atom. The lowest BCUT2D eigenvalue weighted by Crippen LogP contribution is -2.32. The molecule has 0 heterocycles. The fourth-order valence-electron chi connectivity index (χ4n) is 5.53. The van der Waals surface area contributed by atoms with E-state index in [0.29, 0.717) is 38.1 Å². The molecule has 62 heavy (non-hydrogen) atoms. The normalized spacial score (nSPS) is 12.2. The van der Waals surface area contributed by atoms with Gasteiger partial charge in [-0.15, -0.1) is 0 Å². The molecule has 0 bridgehead atoms. The van der Waals surface area contributed by atoms with E-state index in [1.165, 1.54) is 48.5 Å². The molecule has 2 atom stereocenters. The molecule has 318 valence electrons. The number of Topliss-reactive ketones (excluding diaryl/α,β-unsaturated/α-hetero) is 2. The van der Waals surface area contributed by atoms with Gasteiger partial charge in [-0.2, -0.15) is 20.5 Å². The Hall–Kier alpha value is -6.03. The average molecular weight is 937 g/mol. The van der Waals surface area contributed by atoms with Crippen LogP contribution in [0.4, 0.5) is 34.1 Å². The molecule has 4 amide bonds. The highest BCUT2D eigenvalue weighted by Crippen LogP contribution is 2.32. The number of rotatable bonds is 14. The van der Waals surface area contributed by atoms with Crippen molar-refractivity contribution in [2.45, 2.75) is 46.7 Å². The fraction of sp³-hybridized carbons (Fsp3) is 0.163. The Morgan fingerprint density at radius 3 is 1.31 bits per heavy atom. The molecule has 0 fully saturated rings. The summed E-state index contributed by atoms with van der Waals surface area (Å²) in [5, 5.41) is 27.7. The number of aryl methyl sites for hydroxylation is 1. The van der Waals surface area contributed by atoms with Crippen molar-refractivity contribution in [1.82, 2.24) is 0 Å². The summed E-state index contributed by atoms with van der Waals surface area (Å²) in [6.07, 6.45) is 0. The summed E-state index contributed by atoms with van der Waals surface area (Å²) in [5.74, 6) is -4.06. The SMILES string of the molecule is CC(=O)[C@H](N=Nc1cc(C(=O)Nc2cccc(Cl)c2C)ccc1Cl)C(=O)Nc1cc(Cl)c(NC(=O)[C@@H](N=Nc2cc(C(=O)Nc3cccc(Cl)c3C)ccc2Cl)C(C)=O)cc1C. The number of nitrogens with zero attached hydrogens (tertiary/aromatic N) is 4. The van der Waals surface area contributed by atoms with Gasteiger partial charge in [0, 0.05) is 38.2 Å². The molecular formula is C43H35Cl5N8O6. The van der Waals surface area contributed by atoms with Gasteiger partial charge >= 0.3 is 0 Å². The van der Waals surface area contributed by atoms with Gasteiger partial charge in [0.05, 0.1) is 20.8 Å². The van der Waals surface area contributed by atoms with E-state index in [-0.39, 0.29) is 48.9 Å². The van der Waals surface area contributed by atoms with Crippen LogP contribution in [0, 0.1) is 20.8 Å². The maximum absolute atomic E-state index is 13.4. The minimum atomic E-state index is -1.65. The summed E-state index contributed by atoms with van der Waals surface area (Å²) in [6, 6.07) is 18.1. The number of hydrogen-bond donors (Lipinski definition) is 4. The zero-order chi connectivity index (χ0) is 45.4. The number of benzene rings is 5. The quantitative estimate of drug-likeness (QED) is 0.0630. The Bertz CT molecular complexity index is 2530. The summed E-state index contributed by atoms with van der Waals surface area (Å²) in [7, 11) is 0. The molecule has 0 spiro atoms. The van der Waals surface area contributed by atoms with Crippen LogP contribution in [-0.2, 0) is 19.2 Å². The molecule has 4 N–H and O–H groups in total. The van der Waals surface area contributed by atoms with Gasteiger partial charge in [-0.05, 0) is 124 Å². The van der Waals surface area contributed by atoms with Crippen molar-refractivity contribution in [3.63, 3.8) is 0 Å². The van der Waals surface area contributed by atoms with Crippen LogP contribution in [0.3, 0.4) is 0 Å². The Morgan fingerprint density at radius 2 is 0.887 bits per heavy atom. The Kier molecular flexibility index (Phi) is 15.7. The number of carbonyl (C=O) groups is 6. The molecule has 5 rings (SSSR count). The summed E-state index contributed by atoms with van der Waals surface area (Å²) in [4.78, 5) is 77.9. The average Bonchev–Trinajstić information content (AvgIpc) is 3.21. The van der Waals surface area contributed by atoms with Crippen LogP contribution in [0.2, 0.25) is 25.1 Å². The molecule has 5 aromatic rings. The van der Waals surface area contributed by atoms with Gasteiger partial charge in [-0.25, -0.2) is 0 Å². The molecule has 19 heteroatoms. The predicted molar refractivity (Wildman–Crippen MR) is 243 cm³/mol. The maximum atomic E-state index is 13.4. The molecule has 0 aliphatic carbocycles. The molecule has 0 radical (unpaired) electrons. The Labute approximate surface area is 380 Å². The highest BCUT2D eigenvalue weighted by atomic mass is 35.5. The summed E-state index contributed by atoms with van der Waals surface area (Å²) in [5.41, 5.74) is 3.34. The van der Waals surface area contributed by atoms with E-state index in [2.05, 4.69) is 41.7 Å². The van der Waals surface area contributed by atoms with Crippen molar-refractivity contribution in [3.05, 3.63) is 138 Å². The van der Waals surface area contributed by atoms with Crippen LogP contribution in [-0.4, -0.2) is 47.3 Å². The van der Waals surface area contributed by atoms with Gasteiger partial charge < -0.3 is 21.3 Å².